The third-order valence-electron chi connectivity index (χ3n) is 2.20. The standard InChI is InChI=1S/C8H13N5O/c1-5(14)2-13-4-12-6-7(9)10-3-11-8(6)13/h3-6,8,14H,2H2,1H3,(H2,9,10,11). The molecule has 2 heterocycles. The summed E-state index contributed by atoms with van der Waals surface area (Å²) in [4.78, 5) is 14.1. The number of aliphatic imine (C=N–C) groups is 3. The van der Waals surface area contributed by atoms with Crippen LogP contribution >= 0.6 is 0 Å². The smallest absolute Gasteiger partial charge is 0.153 e. The third kappa shape index (κ3) is 1.48. The summed E-state index contributed by atoms with van der Waals surface area (Å²) in [7, 11) is 0. The van der Waals surface area contributed by atoms with Gasteiger partial charge in [-0.3, -0.25) is 4.99 Å². The number of nitrogens with two attached hydrogens (primary N) is 1. The van der Waals surface area contributed by atoms with Gasteiger partial charge in [-0.2, -0.15) is 0 Å². The van der Waals surface area contributed by atoms with Crippen molar-refractivity contribution < 1.29 is 5.11 Å². The fourth-order valence-electron chi connectivity index (χ4n) is 1.59. The average Bonchev–Trinajstić information content (AvgIpc) is 2.49. The molecule has 76 valence electrons. The van der Waals surface area contributed by atoms with Crippen LogP contribution in [-0.4, -0.2) is 53.4 Å². The first-order chi connectivity index (χ1) is 6.68. The summed E-state index contributed by atoms with van der Waals surface area (Å²) in [6, 6.07) is -0.182. The van der Waals surface area contributed by atoms with Crippen LogP contribution < -0.4 is 5.73 Å². The van der Waals surface area contributed by atoms with Crippen LogP contribution in [0.3, 0.4) is 0 Å². The Kier molecular flexibility index (Phi) is 2.20. The molecule has 0 fully saturated rings. The number of rotatable bonds is 2. The normalized spacial score (nSPS) is 31.6. The molecule has 0 aromatic carbocycles. The maximum atomic E-state index is 9.25. The first-order valence-corrected chi connectivity index (χ1v) is 4.50. The van der Waals surface area contributed by atoms with E-state index in [-0.39, 0.29) is 12.2 Å². The van der Waals surface area contributed by atoms with Gasteiger partial charge in [-0.25, -0.2) is 9.98 Å². The van der Waals surface area contributed by atoms with Gasteiger partial charge in [0.1, 0.15) is 18.2 Å². The Balaban J connectivity index is 2.10. The summed E-state index contributed by atoms with van der Waals surface area (Å²) in [5.41, 5.74) is 5.67. The summed E-state index contributed by atoms with van der Waals surface area (Å²) in [6.45, 7) is 2.24. The molecule has 0 bridgehead atoms. The van der Waals surface area contributed by atoms with E-state index < -0.39 is 6.10 Å². The largest absolute Gasteiger partial charge is 0.392 e. The molecule has 3 N–H and O–H groups in total. The van der Waals surface area contributed by atoms with Crippen LogP contribution in [0.15, 0.2) is 15.0 Å². The first kappa shape index (κ1) is 9.14. The van der Waals surface area contributed by atoms with Gasteiger partial charge in [0.05, 0.1) is 12.4 Å². The topological polar surface area (TPSA) is 86.6 Å². The van der Waals surface area contributed by atoms with Crippen LogP contribution in [0.25, 0.3) is 0 Å². The fraction of sp³-hybridized carbons (Fsp3) is 0.625. The third-order valence-corrected chi connectivity index (χ3v) is 2.20. The molecule has 0 spiro atoms. The second kappa shape index (κ2) is 3.38. The van der Waals surface area contributed by atoms with Crippen molar-refractivity contribution in [2.45, 2.75) is 25.2 Å². The van der Waals surface area contributed by atoms with Crippen LogP contribution in [-0.2, 0) is 0 Å². The maximum Gasteiger partial charge on any atom is 0.153 e. The van der Waals surface area contributed by atoms with E-state index >= 15 is 0 Å². The van der Waals surface area contributed by atoms with Crippen molar-refractivity contribution >= 4 is 18.5 Å². The van der Waals surface area contributed by atoms with Gasteiger partial charge in [0.25, 0.3) is 0 Å². The summed E-state index contributed by atoms with van der Waals surface area (Å²) < 4.78 is 0. The van der Waals surface area contributed by atoms with Crippen molar-refractivity contribution in [3.05, 3.63) is 0 Å². The molecule has 6 heteroatoms. The van der Waals surface area contributed by atoms with Gasteiger partial charge in [-0.15, -0.1) is 0 Å². The first-order valence-electron chi connectivity index (χ1n) is 4.50. The van der Waals surface area contributed by atoms with Crippen LogP contribution in [0, 0.1) is 0 Å². The molecule has 0 saturated carbocycles. The van der Waals surface area contributed by atoms with E-state index in [2.05, 4.69) is 15.0 Å². The Hall–Kier alpha value is -1.43. The van der Waals surface area contributed by atoms with E-state index in [1.54, 1.807) is 13.3 Å². The van der Waals surface area contributed by atoms with E-state index in [9.17, 15) is 5.11 Å². The Morgan fingerprint density at radius 3 is 3.14 bits per heavy atom. The lowest BCUT2D eigenvalue weighted by atomic mass is 10.2. The van der Waals surface area contributed by atoms with Crippen molar-refractivity contribution in [3.8, 4) is 0 Å². The lowest BCUT2D eigenvalue weighted by Crippen LogP contribution is -2.45. The molecule has 3 unspecified atom stereocenters. The van der Waals surface area contributed by atoms with Crippen LogP contribution in [0.5, 0.6) is 0 Å². The van der Waals surface area contributed by atoms with Crippen molar-refractivity contribution in [1.82, 2.24) is 4.90 Å². The molecular formula is C8H13N5O. The van der Waals surface area contributed by atoms with Gasteiger partial charge in [-0.1, -0.05) is 0 Å². The molecule has 2 aliphatic heterocycles. The number of amidine groups is 1. The van der Waals surface area contributed by atoms with Gasteiger partial charge in [0.15, 0.2) is 6.17 Å². The van der Waals surface area contributed by atoms with Gasteiger partial charge >= 0.3 is 0 Å². The molecule has 0 aromatic heterocycles. The van der Waals surface area contributed by atoms with Gasteiger partial charge in [0.2, 0.25) is 0 Å². The van der Waals surface area contributed by atoms with Crippen molar-refractivity contribution in [3.63, 3.8) is 0 Å². The highest BCUT2D eigenvalue weighted by atomic mass is 16.3. The number of hydrogen-bond acceptors (Lipinski definition) is 6. The molecule has 0 radical (unpaired) electrons. The SMILES string of the molecule is CC(O)CN1C=NC2C(N)=NC=NC21. The number of β-amino-alcohol motifs (C(OH)–C–C–N with tert-alkyl or cyclic N) is 1. The predicted octanol–water partition coefficient (Wildman–Crippen LogP) is -1.20. The van der Waals surface area contributed by atoms with E-state index in [1.807, 2.05) is 4.90 Å². The number of fused-ring (bicyclic) bond motifs is 1. The Labute approximate surface area is 81.9 Å². The molecule has 2 rings (SSSR count). The van der Waals surface area contributed by atoms with E-state index in [1.165, 1.54) is 6.34 Å². The summed E-state index contributed by atoms with van der Waals surface area (Å²) in [6.07, 6.45) is 2.59. The molecule has 14 heavy (non-hydrogen) atoms. The van der Waals surface area contributed by atoms with Crippen LogP contribution in [0.4, 0.5) is 0 Å². The zero-order chi connectivity index (χ0) is 10.1. The Morgan fingerprint density at radius 2 is 2.43 bits per heavy atom. The number of aliphatic hydroxyl groups excluding tert-OH is 1. The second-order valence-electron chi connectivity index (χ2n) is 3.49. The van der Waals surface area contributed by atoms with Gasteiger partial charge in [-0.05, 0) is 6.92 Å². The molecule has 0 amide bonds. The fourth-order valence-corrected chi connectivity index (χ4v) is 1.59. The van der Waals surface area contributed by atoms with Crippen molar-refractivity contribution in [2.75, 3.05) is 6.54 Å². The van der Waals surface area contributed by atoms with Crippen molar-refractivity contribution in [2.24, 2.45) is 20.7 Å². The highest BCUT2D eigenvalue weighted by Crippen LogP contribution is 2.17. The highest BCUT2D eigenvalue weighted by molar-refractivity contribution is 5.96. The molecular weight excluding hydrogens is 182 g/mol. The summed E-state index contributed by atoms with van der Waals surface area (Å²) in [5, 5.41) is 9.25. The van der Waals surface area contributed by atoms with E-state index in [0.29, 0.717) is 12.4 Å². The van der Waals surface area contributed by atoms with Gasteiger partial charge < -0.3 is 15.7 Å². The summed E-state index contributed by atoms with van der Waals surface area (Å²) in [5.74, 6) is 0.481. The van der Waals surface area contributed by atoms with Crippen LogP contribution in [0.2, 0.25) is 0 Å². The predicted molar refractivity (Wildman–Crippen MR) is 54.6 cm³/mol. The highest BCUT2D eigenvalue weighted by Gasteiger charge is 2.34. The maximum absolute atomic E-state index is 9.25. The molecule has 2 aliphatic rings. The minimum Gasteiger partial charge on any atom is -0.392 e. The molecule has 0 saturated heterocycles. The second-order valence-corrected chi connectivity index (χ2v) is 3.49. The minimum atomic E-state index is -0.407. The molecule has 0 aliphatic carbocycles. The zero-order valence-corrected chi connectivity index (χ0v) is 7.91. The van der Waals surface area contributed by atoms with Crippen LogP contribution in [0.1, 0.15) is 6.92 Å². The Bertz CT molecular complexity index is 309. The zero-order valence-electron chi connectivity index (χ0n) is 7.91. The Morgan fingerprint density at radius 1 is 1.64 bits per heavy atom. The number of aliphatic hydroxyl groups is 1. The molecule has 6 nitrogen and oxygen atoms in total. The minimum absolute atomic E-state index is 0.123. The van der Waals surface area contributed by atoms with E-state index in [0.717, 1.165) is 0 Å². The molecule has 3 atom stereocenters. The average molecular weight is 195 g/mol. The number of hydrogen-bond donors (Lipinski definition) is 2. The lowest BCUT2D eigenvalue weighted by Gasteiger charge is -2.26. The van der Waals surface area contributed by atoms with E-state index in [4.69, 9.17) is 5.73 Å². The molecule has 0 aromatic rings. The lowest BCUT2D eigenvalue weighted by molar-refractivity contribution is 0.149. The monoisotopic (exact) mass is 195 g/mol. The number of nitrogens with zero attached hydrogens (tertiary/aromatic N) is 4. The van der Waals surface area contributed by atoms with Gasteiger partial charge in [0, 0.05) is 6.54 Å². The van der Waals surface area contributed by atoms with Crippen molar-refractivity contribution in [1.29, 1.82) is 0 Å². The summed E-state index contributed by atoms with van der Waals surface area (Å²) >= 11 is 0. The quantitative estimate of drug-likeness (QED) is 0.580.